The van der Waals surface area contributed by atoms with Gasteiger partial charge in [-0.25, -0.2) is 4.98 Å². The summed E-state index contributed by atoms with van der Waals surface area (Å²) in [5.41, 5.74) is 0.893. The molecule has 1 aliphatic rings. The fourth-order valence-corrected chi connectivity index (χ4v) is 3.17. The van der Waals surface area contributed by atoms with Crippen molar-refractivity contribution in [2.24, 2.45) is 0 Å². The van der Waals surface area contributed by atoms with E-state index in [4.69, 9.17) is 23.2 Å². The number of aromatic nitrogens is 2. The van der Waals surface area contributed by atoms with E-state index in [1.54, 1.807) is 18.3 Å². The number of rotatable bonds is 3. The molecule has 0 N–H and O–H groups in total. The second-order valence-electron chi connectivity index (χ2n) is 5.57. The third kappa shape index (κ3) is 3.45. The van der Waals surface area contributed by atoms with Gasteiger partial charge in [0.05, 0.1) is 28.8 Å². The molecule has 2 aromatic rings. The van der Waals surface area contributed by atoms with Crippen LogP contribution in [0.2, 0.25) is 10.0 Å². The van der Waals surface area contributed by atoms with Crippen molar-refractivity contribution in [1.82, 2.24) is 14.5 Å². The van der Waals surface area contributed by atoms with Gasteiger partial charge in [0.25, 0.3) is 0 Å². The maximum atomic E-state index is 12.5. The summed E-state index contributed by atoms with van der Waals surface area (Å²) in [5.74, 6) is 0.128. The fourth-order valence-electron chi connectivity index (χ4n) is 2.85. The maximum absolute atomic E-state index is 12.5. The van der Waals surface area contributed by atoms with Crippen LogP contribution in [0.4, 0.5) is 0 Å². The van der Waals surface area contributed by atoms with Crippen LogP contribution in [0, 0.1) is 0 Å². The molecular weight excluding hydrogens is 321 g/mol. The van der Waals surface area contributed by atoms with Crippen molar-refractivity contribution >= 4 is 29.1 Å². The van der Waals surface area contributed by atoms with Crippen LogP contribution < -0.4 is 0 Å². The number of hydrogen-bond acceptors (Lipinski definition) is 2. The minimum Gasteiger partial charge on any atom is -0.340 e. The molecule has 1 aromatic heterocycles. The molecule has 0 spiro atoms. The van der Waals surface area contributed by atoms with Crippen LogP contribution in [0.5, 0.6) is 0 Å². The van der Waals surface area contributed by atoms with Gasteiger partial charge in [0, 0.05) is 25.5 Å². The van der Waals surface area contributed by atoms with E-state index in [1.807, 2.05) is 23.5 Å². The molecule has 0 aliphatic carbocycles. The van der Waals surface area contributed by atoms with Crippen LogP contribution in [-0.4, -0.2) is 33.4 Å². The Kier molecular flexibility index (Phi) is 4.69. The molecular formula is C16H17Cl2N3O. The molecule has 1 atom stereocenters. The van der Waals surface area contributed by atoms with Crippen LogP contribution >= 0.6 is 23.2 Å². The van der Waals surface area contributed by atoms with Crippen LogP contribution in [0.25, 0.3) is 0 Å². The molecule has 1 aliphatic heterocycles. The maximum Gasteiger partial charge on any atom is 0.227 e. The van der Waals surface area contributed by atoms with E-state index in [2.05, 4.69) is 9.55 Å². The highest BCUT2D eigenvalue weighted by molar-refractivity contribution is 6.42. The standard InChI is InChI=1S/C16H17Cl2N3O/c17-14-4-3-12(8-15(14)18)9-16(22)20-6-1-2-13(10-20)21-7-5-19-11-21/h3-5,7-8,11,13H,1-2,6,9-10H2/t13-/m0/s1. The number of halogens is 2. The Hall–Kier alpha value is -1.52. The highest BCUT2D eigenvalue weighted by Crippen LogP contribution is 2.24. The third-order valence-electron chi connectivity index (χ3n) is 4.04. The van der Waals surface area contributed by atoms with Crippen LogP contribution in [0.3, 0.4) is 0 Å². The largest absolute Gasteiger partial charge is 0.340 e. The van der Waals surface area contributed by atoms with E-state index in [9.17, 15) is 4.79 Å². The lowest BCUT2D eigenvalue weighted by Gasteiger charge is -2.33. The molecule has 0 bridgehead atoms. The average Bonchev–Trinajstić information content (AvgIpc) is 3.05. The van der Waals surface area contributed by atoms with Gasteiger partial charge in [0.15, 0.2) is 0 Å². The van der Waals surface area contributed by atoms with Gasteiger partial charge in [-0.2, -0.15) is 0 Å². The summed E-state index contributed by atoms with van der Waals surface area (Å²) in [4.78, 5) is 18.5. The summed E-state index contributed by atoms with van der Waals surface area (Å²) in [7, 11) is 0. The molecule has 0 unspecified atom stereocenters. The average molecular weight is 338 g/mol. The van der Waals surface area contributed by atoms with E-state index in [0.717, 1.165) is 31.5 Å². The second-order valence-corrected chi connectivity index (χ2v) is 6.39. The van der Waals surface area contributed by atoms with Crippen molar-refractivity contribution in [2.75, 3.05) is 13.1 Å². The van der Waals surface area contributed by atoms with Crippen molar-refractivity contribution in [3.8, 4) is 0 Å². The zero-order chi connectivity index (χ0) is 15.5. The number of amides is 1. The summed E-state index contributed by atoms with van der Waals surface area (Å²) < 4.78 is 2.08. The Morgan fingerprint density at radius 3 is 2.91 bits per heavy atom. The Morgan fingerprint density at radius 2 is 2.18 bits per heavy atom. The van der Waals surface area contributed by atoms with Gasteiger partial charge in [0.1, 0.15) is 0 Å². The molecule has 2 heterocycles. The summed E-state index contributed by atoms with van der Waals surface area (Å²) in [6.45, 7) is 1.54. The molecule has 1 saturated heterocycles. The normalized spacial score (nSPS) is 18.5. The first-order valence-electron chi connectivity index (χ1n) is 7.32. The quantitative estimate of drug-likeness (QED) is 0.858. The van der Waals surface area contributed by atoms with E-state index < -0.39 is 0 Å². The van der Waals surface area contributed by atoms with Crippen molar-refractivity contribution in [1.29, 1.82) is 0 Å². The Morgan fingerprint density at radius 1 is 1.32 bits per heavy atom. The second kappa shape index (κ2) is 6.71. The van der Waals surface area contributed by atoms with Gasteiger partial charge < -0.3 is 9.47 Å². The summed E-state index contributed by atoms with van der Waals surface area (Å²) in [6.07, 6.45) is 7.99. The number of nitrogens with zero attached hydrogens (tertiary/aromatic N) is 3. The molecule has 1 amide bonds. The number of hydrogen-bond donors (Lipinski definition) is 0. The lowest BCUT2D eigenvalue weighted by atomic mass is 10.0. The summed E-state index contributed by atoms with van der Waals surface area (Å²) in [5, 5.41) is 0.998. The predicted octanol–water partition coefficient (Wildman–Crippen LogP) is 3.60. The first kappa shape index (κ1) is 15.4. The summed E-state index contributed by atoms with van der Waals surface area (Å²) in [6, 6.07) is 5.66. The summed E-state index contributed by atoms with van der Waals surface area (Å²) >= 11 is 11.9. The van der Waals surface area contributed by atoms with Gasteiger partial charge in [-0.05, 0) is 30.5 Å². The van der Waals surface area contributed by atoms with Crippen LogP contribution in [0.1, 0.15) is 24.4 Å². The van der Waals surface area contributed by atoms with Gasteiger partial charge >= 0.3 is 0 Å². The minimum absolute atomic E-state index is 0.128. The Bertz CT molecular complexity index is 657. The smallest absolute Gasteiger partial charge is 0.227 e. The topological polar surface area (TPSA) is 38.1 Å². The molecule has 4 nitrogen and oxygen atoms in total. The van der Waals surface area contributed by atoms with E-state index >= 15 is 0 Å². The van der Waals surface area contributed by atoms with Crippen molar-refractivity contribution in [2.45, 2.75) is 25.3 Å². The molecule has 3 rings (SSSR count). The van der Waals surface area contributed by atoms with Gasteiger partial charge in [-0.1, -0.05) is 29.3 Å². The highest BCUT2D eigenvalue weighted by Gasteiger charge is 2.24. The number of piperidine rings is 1. The number of benzene rings is 1. The Balaban J connectivity index is 1.65. The van der Waals surface area contributed by atoms with Crippen LogP contribution in [-0.2, 0) is 11.2 Å². The molecule has 0 saturated carbocycles. The first-order chi connectivity index (χ1) is 10.6. The van der Waals surface area contributed by atoms with Gasteiger partial charge in [-0.3, -0.25) is 4.79 Å². The van der Waals surface area contributed by atoms with Crippen molar-refractivity contribution < 1.29 is 4.79 Å². The highest BCUT2D eigenvalue weighted by atomic mass is 35.5. The lowest BCUT2D eigenvalue weighted by Crippen LogP contribution is -2.41. The molecule has 22 heavy (non-hydrogen) atoms. The molecule has 116 valence electrons. The lowest BCUT2D eigenvalue weighted by molar-refractivity contribution is -0.132. The molecule has 1 fully saturated rings. The minimum atomic E-state index is 0.128. The third-order valence-corrected chi connectivity index (χ3v) is 4.77. The van der Waals surface area contributed by atoms with E-state index in [-0.39, 0.29) is 5.91 Å². The first-order valence-corrected chi connectivity index (χ1v) is 8.08. The zero-order valence-electron chi connectivity index (χ0n) is 12.1. The number of likely N-dealkylation sites (tertiary alicyclic amines) is 1. The van der Waals surface area contributed by atoms with Crippen molar-refractivity contribution in [3.63, 3.8) is 0 Å². The SMILES string of the molecule is O=C(Cc1ccc(Cl)c(Cl)c1)N1CCC[C@H](n2ccnc2)C1. The number of imidazole rings is 1. The van der Waals surface area contributed by atoms with Crippen LogP contribution in [0.15, 0.2) is 36.9 Å². The number of carbonyl (C=O) groups is 1. The van der Waals surface area contributed by atoms with Gasteiger partial charge in [-0.15, -0.1) is 0 Å². The zero-order valence-corrected chi connectivity index (χ0v) is 13.6. The predicted molar refractivity (Wildman–Crippen MR) is 87.2 cm³/mol. The monoisotopic (exact) mass is 337 g/mol. The molecule has 6 heteroatoms. The Labute approximate surface area is 139 Å². The van der Waals surface area contributed by atoms with E-state index in [0.29, 0.717) is 22.5 Å². The fraction of sp³-hybridized carbons (Fsp3) is 0.375. The molecule has 0 radical (unpaired) electrons. The van der Waals surface area contributed by atoms with E-state index in [1.165, 1.54) is 0 Å². The molecule has 1 aromatic carbocycles. The van der Waals surface area contributed by atoms with Crippen molar-refractivity contribution in [3.05, 3.63) is 52.5 Å². The van der Waals surface area contributed by atoms with Gasteiger partial charge in [0.2, 0.25) is 5.91 Å². The number of carbonyl (C=O) groups excluding carboxylic acids is 1.